The van der Waals surface area contributed by atoms with Gasteiger partial charge >= 0.3 is 0 Å². The van der Waals surface area contributed by atoms with Crippen molar-refractivity contribution in [2.24, 2.45) is 0 Å². The molecule has 4 heteroatoms. The van der Waals surface area contributed by atoms with Crippen molar-refractivity contribution in [3.05, 3.63) is 29.6 Å². The summed E-state index contributed by atoms with van der Waals surface area (Å²) in [6.45, 7) is 1.83. The molecule has 14 heavy (non-hydrogen) atoms. The topological polar surface area (TPSA) is 33.0 Å². The van der Waals surface area contributed by atoms with E-state index in [0.717, 1.165) is 0 Å². The Morgan fingerprint density at radius 1 is 1.64 bits per heavy atom. The molecule has 74 valence electrons. The van der Waals surface area contributed by atoms with Crippen molar-refractivity contribution in [1.29, 1.82) is 5.26 Å². The van der Waals surface area contributed by atoms with E-state index in [1.165, 1.54) is 18.2 Å². The zero-order chi connectivity index (χ0) is 10.6. The Kier molecular flexibility index (Phi) is 3.73. The summed E-state index contributed by atoms with van der Waals surface area (Å²) in [5.41, 5.74) is 0.687. The van der Waals surface area contributed by atoms with Crippen LogP contribution in [0.5, 0.6) is 5.75 Å². The number of ether oxygens (including phenoxy) is 1. The van der Waals surface area contributed by atoms with Gasteiger partial charge in [0.25, 0.3) is 0 Å². The zero-order valence-corrected chi connectivity index (χ0v) is 8.38. The van der Waals surface area contributed by atoms with E-state index in [1.807, 2.05) is 6.07 Å². The van der Waals surface area contributed by atoms with Crippen LogP contribution in [0.4, 0.5) is 4.39 Å². The highest BCUT2D eigenvalue weighted by atomic mass is 35.5. The Morgan fingerprint density at radius 3 is 2.93 bits per heavy atom. The molecular weight excluding hydrogens is 205 g/mol. The van der Waals surface area contributed by atoms with Crippen LogP contribution >= 0.6 is 11.6 Å². The van der Waals surface area contributed by atoms with Crippen molar-refractivity contribution in [1.82, 2.24) is 0 Å². The maximum atomic E-state index is 12.7. The molecule has 0 aromatic heterocycles. The van der Waals surface area contributed by atoms with Gasteiger partial charge in [0.05, 0.1) is 6.07 Å². The third-order valence-electron chi connectivity index (χ3n) is 1.66. The molecule has 0 N–H and O–H groups in total. The summed E-state index contributed by atoms with van der Waals surface area (Å²) < 4.78 is 17.9. The highest BCUT2D eigenvalue weighted by molar-refractivity contribution is 6.22. The standard InChI is InChI=1S/C10H9ClFNO/c1-7-4-9(12)2-3-10(7)14-6-8(11)5-13/h2-4,8H,6H2,1H3. The molecule has 0 saturated carbocycles. The first kappa shape index (κ1) is 10.8. The van der Waals surface area contributed by atoms with Crippen molar-refractivity contribution in [2.75, 3.05) is 6.61 Å². The first-order valence-corrected chi connectivity index (χ1v) is 4.49. The van der Waals surface area contributed by atoms with Gasteiger partial charge in [-0.1, -0.05) is 0 Å². The lowest BCUT2D eigenvalue weighted by Crippen LogP contribution is -2.09. The molecule has 1 aromatic carbocycles. The smallest absolute Gasteiger partial charge is 0.154 e. The fourth-order valence-corrected chi connectivity index (χ4v) is 1.04. The highest BCUT2D eigenvalue weighted by Gasteiger charge is 2.05. The van der Waals surface area contributed by atoms with Crippen LogP contribution in [0, 0.1) is 24.1 Å². The molecule has 1 rings (SSSR count). The highest BCUT2D eigenvalue weighted by Crippen LogP contribution is 2.18. The van der Waals surface area contributed by atoms with Gasteiger partial charge in [0.2, 0.25) is 0 Å². The third kappa shape index (κ3) is 2.90. The Hall–Kier alpha value is -1.27. The molecule has 0 spiro atoms. The Balaban J connectivity index is 2.64. The van der Waals surface area contributed by atoms with E-state index in [-0.39, 0.29) is 12.4 Å². The van der Waals surface area contributed by atoms with E-state index < -0.39 is 5.38 Å². The molecule has 0 bridgehead atoms. The van der Waals surface area contributed by atoms with Gasteiger partial charge in [-0.05, 0) is 30.7 Å². The van der Waals surface area contributed by atoms with E-state index in [1.54, 1.807) is 6.92 Å². The van der Waals surface area contributed by atoms with Gasteiger partial charge in [-0.15, -0.1) is 11.6 Å². The third-order valence-corrected chi connectivity index (χ3v) is 1.89. The number of nitriles is 1. The molecule has 0 radical (unpaired) electrons. The van der Waals surface area contributed by atoms with Gasteiger partial charge in [0.15, 0.2) is 5.38 Å². The summed E-state index contributed by atoms with van der Waals surface area (Å²) in [5, 5.41) is 7.72. The number of hydrogen-bond donors (Lipinski definition) is 0. The van der Waals surface area contributed by atoms with Crippen LogP contribution in [0.2, 0.25) is 0 Å². The molecule has 0 heterocycles. The molecule has 0 aliphatic heterocycles. The second kappa shape index (κ2) is 4.83. The minimum absolute atomic E-state index is 0.102. The lowest BCUT2D eigenvalue weighted by atomic mass is 10.2. The number of halogens is 2. The van der Waals surface area contributed by atoms with Gasteiger partial charge in [0.1, 0.15) is 18.2 Å². The monoisotopic (exact) mass is 213 g/mol. The lowest BCUT2D eigenvalue weighted by molar-refractivity contribution is 0.326. The quantitative estimate of drug-likeness (QED) is 0.724. The lowest BCUT2D eigenvalue weighted by Gasteiger charge is -2.08. The summed E-state index contributed by atoms with van der Waals surface area (Å²) in [5.74, 6) is 0.241. The van der Waals surface area contributed by atoms with E-state index in [0.29, 0.717) is 11.3 Å². The molecule has 0 aliphatic rings. The Bertz CT molecular complexity index is 362. The van der Waals surface area contributed by atoms with E-state index in [2.05, 4.69) is 0 Å². The van der Waals surface area contributed by atoms with E-state index >= 15 is 0 Å². The number of aryl methyl sites for hydroxylation is 1. The molecule has 1 atom stereocenters. The normalized spacial score (nSPS) is 11.9. The summed E-state index contributed by atoms with van der Waals surface area (Å²) >= 11 is 5.54. The van der Waals surface area contributed by atoms with Gasteiger partial charge in [0, 0.05) is 0 Å². The molecular formula is C10H9ClFNO. The van der Waals surface area contributed by atoms with Crippen LogP contribution in [0.3, 0.4) is 0 Å². The number of rotatable bonds is 3. The summed E-state index contributed by atoms with van der Waals surface area (Å²) in [6, 6.07) is 6.02. The first-order chi connectivity index (χ1) is 6.63. The van der Waals surface area contributed by atoms with Crippen LogP contribution in [0.1, 0.15) is 5.56 Å². The summed E-state index contributed by atoms with van der Waals surface area (Å²) in [7, 11) is 0. The van der Waals surface area contributed by atoms with Crippen molar-refractivity contribution >= 4 is 11.6 Å². The van der Waals surface area contributed by atoms with Gasteiger partial charge in [-0.2, -0.15) is 5.26 Å². The van der Waals surface area contributed by atoms with Crippen LogP contribution < -0.4 is 4.74 Å². The number of alkyl halides is 1. The maximum absolute atomic E-state index is 12.7. The summed E-state index contributed by atoms with van der Waals surface area (Å²) in [6.07, 6.45) is 0. The Labute approximate surface area is 86.9 Å². The fourth-order valence-electron chi connectivity index (χ4n) is 0.975. The van der Waals surface area contributed by atoms with Crippen LogP contribution in [-0.2, 0) is 0 Å². The van der Waals surface area contributed by atoms with Crippen LogP contribution in [-0.4, -0.2) is 12.0 Å². The predicted octanol–water partition coefficient (Wildman–Crippen LogP) is 2.64. The second-order valence-electron chi connectivity index (χ2n) is 2.82. The SMILES string of the molecule is Cc1cc(F)ccc1OCC(Cl)C#N. The minimum atomic E-state index is -0.681. The molecule has 0 saturated heterocycles. The predicted molar refractivity (Wildman–Crippen MR) is 51.9 cm³/mol. The van der Waals surface area contributed by atoms with Gasteiger partial charge < -0.3 is 4.74 Å². The van der Waals surface area contributed by atoms with Gasteiger partial charge in [-0.25, -0.2) is 4.39 Å². The van der Waals surface area contributed by atoms with Crippen molar-refractivity contribution < 1.29 is 9.13 Å². The fraction of sp³-hybridized carbons (Fsp3) is 0.300. The minimum Gasteiger partial charge on any atom is -0.491 e. The maximum Gasteiger partial charge on any atom is 0.154 e. The zero-order valence-electron chi connectivity index (χ0n) is 7.63. The van der Waals surface area contributed by atoms with Crippen LogP contribution in [0.15, 0.2) is 18.2 Å². The number of nitrogens with zero attached hydrogens (tertiary/aromatic N) is 1. The van der Waals surface area contributed by atoms with E-state index in [9.17, 15) is 4.39 Å². The van der Waals surface area contributed by atoms with Crippen molar-refractivity contribution in [3.8, 4) is 11.8 Å². The van der Waals surface area contributed by atoms with Crippen molar-refractivity contribution in [3.63, 3.8) is 0 Å². The largest absolute Gasteiger partial charge is 0.491 e. The molecule has 1 aromatic rings. The molecule has 2 nitrogen and oxygen atoms in total. The molecule has 0 fully saturated rings. The number of benzene rings is 1. The van der Waals surface area contributed by atoms with E-state index in [4.69, 9.17) is 21.6 Å². The molecule has 1 unspecified atom stereocenters. The summed E-state index contributed by atoms with van der Waals surface area (Å²) in [4.78, 5) is 0. The average Bonchev–Trinajstić information content (AvgIpc) is 2.16. The van der Waals surface area contributed by atoms with Crippen LogP contribution in [0.25, 0.3) is 0 Å². The second-order valence-corrected chi connectivity index (χ2v) is 3.34. The van der Waals surface area contributed by atoms with Gasteiger partial charge in [-0.3, -0.25) is 0 Å². The average molecular weight is 214 g/mol. The molecule has 0 amide bonds. The first-order valence-electron chi connectivity index (χ1n) is 4.06. The molecule has 0 aliphatic carbocycles. The van der Waals surface area contributed by atoms with Crippen molar-refractivity contribution in [2.45, 2.75) is 12.3 Å². The number of hydrogen-bond acceptors (Lipinski definition) is 2. The Morgan fingerprint density at radius 2 is 2.36 bits per heavy atom.